The second kappa shape index (κ2) is 6.06. The third kappa shape index (κ3) is 3.00. The molecule has 0 bridgehead atoms. The molecule has 0 aromatic carbocycles. The number of likely N-dealkylation sites (tertiary alicyclic amines) is 1. The Hall–Kier alpha value is -0.870. The Bertz CT molecular complexity index is 412. The largest absolute Gasteiger partial charge is 0.336 e. The first-order valence-electron chi connectivity index (χ1n) is 7.39. The summed E-state index contributed by atoms with van der Waals surface area (Å²) in [5.74, 6) is 0.349. The summed E-state index contributed by atoms with van der Waals surface area (Å²) >= 11 is 1.73. The molecule has 2 saturated heterocycles. The molecular formula is C15H22N2OS. The first-order chi connectivity index (χ1) is 9.34. The Labute approximate surface area is 119 Å². The van der Waals surface area contributed by atoms with Crippen LogP contribution >= 0.6 is 11.3 Å². The third-order valence-corrected chi connectivity index (χ3v) is 5.07. The van der Waals surface area contributed by atoms with E-state index in [4.69, 9.17) is 0 Å². The molecule has 2 fully saturated rings. The van der Waals surface area contributed by atoms with Crippen LogP contribution in [0.4, 0.5) is 0 Å². The fourth-order valence-corrected chi connectivity index (χ4v) is 4.03. The average molecular weight is 278 g/mol. The van der Waals surface area contributed by atoms with Crippen molar-refractivity contribution in [3.8, 4) is 0 Å². The van der Waals surface area contributed by atoms with Gasteiger partial charge in [-0.15, -0.1) is 0 Å². The van der Waals surface area contributed by atoms with E-state index in [1.165, 1.54) is 18.4 Å². The molecule has 1 aromatic rings. The molecule has 3 heterocycles. The van der Waals surface area contributed by atoms with E-state index in [9.17, 15) is 4.79 Å². The van der Waals surface area contributed by atoms with Crippen molar-refractivity contribution >= 4 is 17.2 Å². The predicted molar refractivity (Wildman–Crippen MR) is 78.3 cm³/mol. The minimum atomic E-state index is 0.343. The monoisotopic (exact) mass is 278 g/mol. The van der Waals surface area contributed by atoms with Crippen molar-refractivity contribution in [1.82, 2.24) is 10.2 Å². The van der Waals surface area contributed by atoms with Crippen molar-refractivity contribution in [3.63, 3.8) is 0 Å². The molecule has 0 aliphatic carbocycles. The number of nitrogens with one attached hydrogen (secondary N) is 1. The van der Waals surface area contributed by atoms with E-state index >= 15 is 0 Å². The summed E-state index contributed by atoms with van der Waals surface area (Å²) < 4.78 is 0. The molecule has 19 heavy (non-hydrogen) atoms. The van der Waals surface area contributed by atoms with Gasteiger partial charge in [-0.3, -0.25) is 4.79 Å². The van der Waals surface area contributed by atoms with Crippen LogP contribution in [0.1, 0.15) is 50.1 Å². The molecule has 3 rings (SSSR count). The molecule has 2 unspecified atom stereocenters. The lowest BCUT2D eigenvalue weighted by molar-refractivity contribution is -0.132. The Balaban J connectivity index is 1.56. The van der Waals surface area contributed by atoms with E-state index in [2.05, 4.69) is 27.0 Å². The summed E-state index contributed by atoms with van der Waals surface area (Å²) in [7, 11) is 0. The molecule has 104 valence electrons. The van der Waals surface area contributed by atoms with Gasteiger partial charge in [-0.1, -0.05) is 0 Å². The van der Waals surface area contributed by atoms with Gasteiger partial charge in [0.1, 0.15) is 0 Å². The SMILES string of the molecule is O=C(CCC1CCCN1)N1CCCC1c1ccsc1. The smallest absolute Gasteiger partial charge is 0.223 e. The van der Waals surface area contributed by atoms with Crippen molar-refractivity contribution < 1.29 is 4.79 Å². The van der Waals surface area contributed by atoms with Crippen LogP contribution in [-0.4, -0.2) is 29.9 Å². The maximum absolute atomic E-state index is 12.4. The van der Waals surface area contributed by atoms with Gasteiger partial charge in [-0.25, -0.2) is 0 Å². The normalized spacial score (nSPS) is 27.1. The first kappa shape index (κ1) is 13.1. The van der Waals surface area contributed by atoms with E-state index in [-0.39, 0.29) is 0 Å². The Kier molecular flexibility index (Phi) is 4.18. The summed E-state index contributed by atoms with van der Waals surface area (Å²) in [5.41, 5.74) is 1.33. The van der Waals surface area contributed by atoms with E-state index in [0.717, 1.165) is 32.4 Å². The van der Waals surface area contributed by atoms with E-state index < -0.39 is 0 Å². The lowest BCUT2D eigenvalue weighted by Crippen LogP contribution is -2.32. The number of carbonyl (C=O) groups is 1. The molecule has 4 heteroatoms. The molecule has 2 atom stereocenters. The fourth-order valence-electron chi connectivity index (χ4n) is 3.32. The second-order valence-electron chi connectivity index (χ2n) is 5.63. The van der Waals surface area contributed by atoms with Gasteiger partial charge < -0.3 is 10.2 Å². The number of rotatable bonds is 4. The van der Waals surface area contributed by atoms with Crippen molar-refractivity contribution in [3.05, 3.63) is 22.4 Å². The van der Waals surface area contributed by atoms with Crippen molar-refractivity contribution in [2.24, 2.45) is 0 Å². The van der Waals surface area contributed by atoms with Gasteiger partial charge in [0.15, 0.2) is 0 Å². The van der Waals surface area contributed by atoms with E-state index in [1.54, 1.807) is 11.3 Å². The van der Waals surface area contributed by atoms with Gasteiger partial charge in [-0.05, 0) is 61.0 Å². The van der Waals surface area contributed by atoms with Crippen LogP contribution in [0.25, 0.3) is 0 Å². The molecule has 3 nitrogen and oxygen atoms in total. The highest BCUT2D eigenvalue weighted by atomic mass is 32.1. The van der Waals surface area contributed by atoms with Crippen LogP contribution in [0.3, 0.4) is 0 Å². The van der Waals surface area contributed by atoms with Crippen molar-refractivity contribution in [2.75, 3.05) is 13.1 Å². The van der Waals surface area contributed by atoms with Gasteiger partial charge in [-0.2, -0.15) is 11.3 Å². The Morgan fingerprint density at radius 2 is 2.37 bits per heavy atom. The Morgan fingerprint density at radius 1 is 1.42 bits per heavy atom. The minimum Gasteiger partial charge on any atom is -0.336 e. The molecule has 1 aromatic heterocycles. The van der Waals surface area contributed by atoms with E-state index in [0.29, 0.717) is 24.4 Å². The third-order valence-electron chi connectivity index (χ3n) is 4.37. The second-order valence-corrected chi connectivity index (χ2v) is 6.41. The maximum Gasteiger partial charge on any atom is 0.223 e. The summed E-state index contributed by atoms with van der Waals surface area (Å²) in [6.07, 6.45) is 6.49. The van der Waals surface area contributed by atoms with Crippen LogP contribution in [0, 0.1) is 0 Å². The standard InChI is InChI=1S/C15H22N2OS/c18-15(6-5-13-3-1-8-16-13)17-9-2-4-14(17)12-7-10-19-11-12/h7,10-11,13-14,16H,1-6,8-9H2. The van der Waals surface area contributed by atoms with Gasteiger partial charge in [0.25, 0.3) is 0 Å². The summed E-state index contributed by atoms with van der Waals surface area (Å²) in [6.45, 7) is 2.07. The summed E-state index contributed by atoms with van der Waals surface area (Å²) in [4.78, 5) is 14.5. The highest BCUT2D eigenvalue weighted by molar-refractivity contribution is 7.07. The number of hydrogen-bond donors (Lipinski definition) is 1. The first-order valence-corrected chi connectivity index (χ1v) is 8.34. The number of nitrogens with zero attached hydrogens (tertiary/aromatic N) is 1. The summed E-state index contributed by atoms with van der Waals surface area (Å²) in [6, 6.07) is 3.08. The van der Waals surface area contributed by atoms with Crippen LogP contribution in [-0.2, 0) is 4.79 Å². The summed E-state index contributed by atoms with van der Waals surface area (Å²) in [5, 5.41) is 7.77. The van der Waals surface area contributed by atoms with Crippen LogP contribution in [0.2, 0.25) is 0 Å². The molecule has 0 spiro atoms. The zero-order valence-electron chi connectivity index (χ0n) is 11.3. The number of amides is 1. The van der Waals surface area contributed by atoms with Crippen LogP contribution in [0.15, 0.2) is 16.8 Å². The van der Waals surface area contributed by atoms with Crippen molar-refractivity contribution in [1.29, 1.82) is 0 Å². The molecule has 1 amide bonds. The molecule has 0 saturated carbocycles. The quantitative estimate of drug-likeness (QED) is 0.918. The highest BCUT2D eigenvalue weighted by Gasteiger charge is 2.30. The van der Waals surface area contributed by atoms with Crippen LogP contribution < -0.4 is 5.32 Å². The fraction of sp³-hybridized carbons (Fsp3) is 0.667. The van der Waals surface area contributed by atoms with Gasteiger partial charge in [0.05, 0.1) is 6.04 Å². The molecule has 0 radical (unpaired) electrons. The zero-order chi connectivity index (χ0) is 13.1. The van der Waals surface area contributed by atoms with Gasteiger partial charge in [0.2, 0.25) is 5.91 Å². The molecule has 1 N–H and O–H groups in total. The predicted octanol–water partition coefficient (Wildman–Crippen LogP) is 2.94. The average Bonchev–Trinajstić information content (AvgIpc) is 3.14. The zero-order valence-corrected chi connectivity index (χ0v) is 12.1. The lowest BCUT2D eigenvalue weighted by Gasteiger charge is -2.25. The topological polar surface area (TPSA) is 32.3 Å². The highest BCUT2D eigenvalue weighted by Crippen LogP contribution is 2.33. The molecular weight excluding hydrogens is 256 g/mol. The Morgan fingerprint density at radius 3 is 3.11 bits per heavy atom. The number of hydrogen-bond acceptors (Lipinski definition) is 3. The van der Waals surface area contributed by atoms with Gasteiger partial charge >= 0.3 is 0 Å². The van der Waals surface area contributed by atoms with Crippen LogP contribution in [0.5, 0.6) is 0 Å². The maximum atomic E-state index is 12.4. The lowest BCUT2D eigenvalue weighted by atomic mass is 10.1. The number of carbonyl (C=O) groups excluding carboxylic acids is 1. The molecule has 2 aliphatic rings. The van der Waals surface area contributed by atoms with Crippen molar-refractivity contribution in [2.45, 2.75) is 50.6 Å². The number of thiophene rings is 1. The minimum absolute atomic E-state index is 0.343. The van der Waals surface area contributed by atoms with Gasteiger partial charge in [0, 0.05) is 19.0 Å². The van der Waals surface area contributed by atoms with E-state index in [1.807, 2.05) is 0 Å². The molecule has 2 aliphatic heterocycles.